The minimum Gasteiger partial charge on any atom is -0.479 e. The van der Waals surface area contributed by atoms with Crippen LogP contribution in [0, 0.1) is 13.8 Å². The molecule has 1 atom stereocenters. The lowest BCUT2D eigenvalue weighted by atomic mass is 10.1. The van der Waals surface area contributed by atoms with Crippen molar-refractivity contribution in [3.05, 3.63) is 57.6 Å². The SMILES string of the molecule is Cc1cccc(C)c1NC(=O)[C@H](C)Oc1cc(Cl)ccc1Cl. The Morgan fingerprint density at radius 1 is 1.14 bits per heavy atom. The Hall–Kier alpha value is -1.71. The van der Waals surface area contributed by atoms with E-state index in [2.05, 4.69) is 5.32 Å². The number of nitrogens with one attached hydrogen (secondary N) is 1. The number of hydrogen-bond acceptors (Lipinski definition) is 2. The first-order valence-corrected chi connectivity index (χ1v) is 7.63. The van der Waals surface area contributed by atoms with Crippen LogP contribution in [0.5, 0.6) is 5.75 Å². The van der Waals surface area contributed by atoms with E-state index in [1.807, 2.05) is 32.0 Å². The first-order chi connectivity index (χ1) is 10.4. The predicted octanol–water partition coefficient (Wildman–Crippen LogP) is 5.02. The molecule has 22 heavy (non-hydrogen) atoms. The highest BCUT2D eigenvalue weighted by molar-refractivity contribution is 6.34. The Kier molecular flexibility index (Phi) is 5.33. The lowest BCUT2D eigenvalue weighted by molar-refractivity contribution is -0.122. The molecule has 0 aromatic heterocycles. The van der Waals surface area contributed by atoms with Crippen molar-refractivity contribution >= 4 is 34.8 Å². The number of amides is 1. The van der Waals surface area contributed by atoms with Gasteiger partial charge in [-0.2, -0.15) is 0 Å². The zero-order valence-electron chi connectivity index (χ0n) is 12.6. The average molecular weight is 338 g/mol. The minimum atomic E-state index is -0.699. The van der Waals surface area contributed by atoms with E-state index < -0.39 is 6.10 Å². The number of anilines is 1. The lowest BCUT2D eigenvalue weighted by Gasteiger charge is -2.17. The molecule has 0 aliphatic rings. The number of halogens is 2. The smallest absolute Gasteiger partial charge is 0.265 e. The second-order valence-electron chi connectivity index (χ2n) is 5.09. The summed E-state index contributed by atoms with van der Waals surface area (Å²) in [6, 6.07) is 10.7. The third-order valence-corrected chi connectivity index (χ3v) is 3.84. The van der Waals surface area contributed by atoms with Crippen LogP contribution in [0.1, 0.15) is 18.1 Å². The molecule has 0 aliphatic heterocycles. The molecule has 0 unspecified atom stereocenters. The Morgan fingerprint density at radius 2 is 1.77 bits per heavy atom. The average Bonchev–Trinajstić information content (AvgIpc) is 2.46. The molecule has 3 nitrogen and oxygen atoms in total. The first-order valence-electron chi connectivity index (χ1n) is 6.87. The monoisotopic (exact) mass is 337 g/mol. The van der Waals surface area contributed by atoms with E-state index in [0.29, 0.717) is 15.8 Å². The van der Waals surface area contributed by atoms with E-state index in [-0.39, 0.29) is 5.91 Å². The Balaban J connectivity index is 2.11. The van der Waals surface area contributed by atoms with Crippen molar-refractivity contribution in [2.24, 2.45) is 0 Å². The van der Waals surface area contributed by atoms with Crippen LogP contribution in [-0.4, -0.2) is 12.0 Å². The number of carbonyl (C=O) groups is 1. The maximum Gasteiger partial charge on any atom is 0.265 e. The zero-order valence-corrected chi connectivity index (χ0v) is 14.1. The fraction of sp³-hybridized carbons (Fsp3) is 0.235. The summed E-state index contributed by atoms with van der Waals surface area (Å²) in [6.45, 7) is 5.56. The molecule has 0 radical (unpaired) electrons. The summed E-state index contributed by atoms with van der Waals surface area (Å²) >= 11 is 12.0. The number of rotatable bonds is 4. The van der Waals surface area contributed by atoms with Gasteiger partial charge < -0.3 is 10.1 Å². The lowest BCUT2D eigenvalue weighted by Crippen LogP contribution is -2.30. The van der Waals surface area contributed by atoms with Gasteiger partial charge in [0.2, 0.25) is 0 Å². The maximum atomic E-state index is 12.3. The molecule has 5 heteroatoms. The number of ether oxygens (including phenoxy) is 1. The van der Waals surface area contributed by atoms with Gasteiger partial charge in [0.1, 0.15) is 5.75 Å². The van der Waals surface area contributed by atoms with Crippen LogP contribution in [0.15, 0.2) is 36.4 Å². The van der Waals surface area contributed by atoms with Gasteiger partial charge in [0.15, 0.2) is 6.10 Å². The fourth-order valence-electron chi connectivity index (χ4n) is 2.05. The van der Waals surface area contributed by atoms with Crippen molar-refractivity contribution in [2.45, 2.75) is 26.9 Å². The second kappa shape index (κ2) is 7.03. The van der Waals surface area contributed by atoms with Crippen molar-refractivity contribution < 1.29 is 9.53 Å². The highest BCUT2D eigenvalue weighted by Gasteiger charge is 2.18. The first kappa shape index (κ1) is 16.7. The largest absolute Gasteiger partial charge is 0.479 e. The van der Waals surface area contributed by atoms with E-state index >= 15 is 0 Å². The molecule has 1 N–H and O–H groups in total. The van der Waals surface area contributed by atoms with Gasteiger partial charge in [-0.15, -0.1) is 0 Å². The summed E-state index contributed by atoms with van der Waals surface area (Å²) in [6.07, 6.45) is -0.699. The van der Waals surface area contributed by atoms with Crippen molar-refractivity contribution in [1.82, 2.24) is 0 Å². The Labute approximate surface area is 140 Å². The van der Waals surface area contributed by atoms with Crippen LogP contribution >= 0.6 is 23.2 Å². The maximum absolute atomic E-state index is 12.3. The van der Waals surface area contributed by atoms with Gasteiger partial charge >= 0.3 is 0 Å². The van der Waals surface area contributed by atoms with Gasteiger partial charge in [-0.05, 0) is 44.0 Å². The minimum absolute atomic E-state index is 0.242. The third-order valence-electron chi connectivity index (χ3n) is 3.30. The van der Waals surface area contributed by atoms with E-state index in [1.165, 1.54) is 0 Å². The molecule has 2 aromatic rings. The normalized spacial score (nSPS) is 11.9. The summed E-state index contributed by atoms with van der Waals surface area (Å²) in [5, 5.41) is 3.81. The van der Waals surface area contributed by atoms with Gasteiger partial charge in [-0.25, -0.2) is 0 Å². The van der Waals surface area contributed by atoms with Crippen LogP contribution in [0.3, 0.4) is 0 Å². The number of benzene rings is 2. The van der Waals surface area contributed by atoms with Crippen molar-refractivity contribution in [3.63, 3.8) is 0 Å². The number of carbonyl (C=O) groups excluding carboxylic acids is 1. The summed E-state index contributed by atoms with van der Waals surface area (Å²) in [4.78, 5) is 12.3. The van der Waals surface area contributed by atoms with E-state index in [0.717, 1.165) is 16.8 Å². The molecular weight excluding hydrogens is 321 g/mol. The highest BCUT2D eigenvalue weighted by Crippen LogP contribution is 2.29. The molecule has 0 fully saturated rings. The number of aryl methyl sites for hydroxylation is 2. The summed E-state index contributed by atoms with van der Waals surface area (Å²) in [7, 11) is 0. The third kappa shape index (κ3) is 3.93. The van der Waals surface area contributed by atoms with E-state index in [9.17, 15) is 4.79 Å². The predicted molar refractivity (Wildman–Crippen MR) is 91.1 cm³/mol. The molecule has 0 heterocycles. The highest BCUT2D eigenvalue weighted by atomic mass is 35.5. The quantitative estimate of drug-likeness (QED) is 0.850. The standard InChI is InChI=1S/C17H17Cl2NO2/c1-10-5-4-6-11(2)16(10)20-17(21)12(3)22-15-9-13(18)7-8-14(15)19/h4-9,12H,1-3H3,(H,20,21)/t12-/m0/s1. The van der Waals surface area contributed by atoms with Crippen molar-refractivity contribution in [1.29, 1.82) is 0 Å². The Morgan fingerprint density at radius 3 is 2.41 bits per heavy atom. The van der Waals surface area contributed by atoms with Gasteiger partial charge in [-0.3, -0.25) is 4.79 Å². The van der Waals surface area contributed by atoms with Gasteiger partial charge in [-0.1, -0.05) is 41.4 Å². The summed E-state index contributed by atoms with van der Waals surface area (Å²) in [5.41, 5.74) is 2.81. The van der Waals surface area contributed by atoms with Crippen LogP contribution < -0.4 is 10.1 Å². The van der Waals surface area contributed by atoms with Crippen molar-refractivity contribution in [2.75, 3.05) is 5.32 Å². The number of hydrogen-bond donors (Lipinski definition) is 1. The Bertz CT molecular complexity index is 681. The zero-order chi connectivity index (χ0) is 16.3. The van der Waals surface area contributed by atoms with Gasteiger partial charge in [0.25, 0.3) is 5.91 Å². The molecule has 2 rings (SSSR count). The van der Waals surface area contributed by atoms with Crippen LogP contribution in [0.25, 0.3) is 0 Å². The van der Waals surface area contributed by atoms with Crippen molar-refractivity contribution in [3.8, 4) is 5.75 Å². The van der Waals surface area contributed by atoms with E-state index in [4.69, 9.17) is 27.9 Å². The van der Waals surface area contributed by atoms with Gasteiger partial charge in [0, 0.05) is 16.8 Å². The molecular formula is C17H17Cl2NO2. The summed E-state index contributed by atoms with van der Waals surface area (Å²) < 4.78 is 5.61. The van der Waals surface area contributed by atoms with E-state index in [1.54, 1.807) is 25.1 Å². The topological polar surface area (TPSA) is 38.3 Å². The second-order valence-corrected chi connectivity index (χ2v) is 5.93. The molecule has 1 amide bonds. The van der Waals surface area contributed by atoms with Crippen LogP contribution in [-0.2, 0) is 4.79 Å². The molecule has 0 saturated heterocycles. The summed E-state index contributed by atoms with van der Waals surface area (Å²) in [5.74, 6) is 0.145. The molecule has 0 aliphatic carbocycles. The molecule has 0 bridgehead atoms. The molecule has 2 aromatic carbocycles. The molecule has 116 valence electrons. The van der Waals surface area contributed by atoms with Crippen LogP contribution in [0.4, 0.5) is 5.69 Å². The molecule has 0 spiro atoms. The van der Waals surface area contributed by atoms with Gasteiger partial charge in [0.05, 0.1) is 5.02 Å². The molecule has 0 saturated carbocycles. The van der Waals surface area contributed by atoms with Crippen LogP contribution in [0.2, 0.25) is 10.0 Å². The fourth-order valence-corrected chi connectivity index (χ4v) is 2.37. The number of para-hydroxylation sites is 1.